The smallest absolute Gasteiger partial charge is 0.143 e. The summed E-state index contributed by atoms with van der Waals surface area (Å²) in [5.74, 6) is 0. The van der Waals surface area contributed by atoms with Crippen LogP contribution in [0.2, 0.25) is 0 Å². The van der Waals surface area contributed by atoms with Crippen LogP contribution >= 0.6 is 0 Å². The molecule has 0 saturated heterocycles. The van der Waals surface area contributed by atoms with Crippen molar-refractivity contribution in [2.24, 2.45) is 0 Å². The van der Waals surface area contributed by atoms with Crippen molar-refractivity contribution in [1.29, 1.82) is 0 Å². The van der Waals surface area contributed by atoms with Crippen LogP contribution in [0.4, 0.5) is 0 Å². The van der Waals surface area contributed by atoms with Crippen molar-refractivity contribution in [2.75, 3.05) is 0 Å². The minimum atomic E-state index is -0.191. The summed E-state index contributed by atoms with van der Waals surface area (Å²) in [6.07, 6.45) is 0. The van der Waals surface area contributed by atoms with E-state index in [-0.39, 0.29) is 5.41 Å². The van der Waals surface area contributed by atoms with E-state index in [2.05, 4.69) is 159 Å². The summed E-state index contributed by atoms with van der Waals surface area (Å²) < 4.78 is 6.63. The van der Waals surface area contributed by atoms with Gasteiger partial charge in [-0.1, -0.05) is 135 Å². The van der Waals surface area contributed by atoms with Crippen molar-refractivity contribution in [2.45, 2.75) is 19.3 Å². The summed E-state index contributed by atoms with van der Waals surface area (Å²) in [7, 11) is 0. The molecular formula is C45H30O. The van der Waals surface area contributed by atoms with E-state index < -0.39 is 0 Å². The van der Waals surface area contributed by atoms with E-state index in [4.69, 9.17) is 4.42 Å². The van der Waals surface area contributed by atoms with Crippen molar-refractivity contribution in [3.05, 3.63) is 157 Å². The van der Waals surface area contributed by atoms with Crippen LogP contribution in [0.5, 0.6) is 0 Å². The molecule has 0 amide bonds. The van der Waals surface area contributed by atoms with Crippen molar-refractivity contribution in [3.63, 3.8) is 0 Å². The van der Waals surface area contributed by atoms with E-state index in [1.807, 2.05) is 0 Å². The van der Waals surface area contributed by atoms with E-state index in [0.29, 0.717) is 0 Å². The highest BCUT2D eigenvalue weighted by atomic mass is 16.3. The first-order valence-corrected chi connectivity index (χ1v) is 16.1. The Morgan fingerprint density at radius 3 is 1.91 bits per heavy atom. The van der Waals surface area contributed by atoms with Crippen LogP contribution in [0, 0.1) is 0 Å². The SMILES string of the molecule is CC1(C)c2cc(-c3cccc4oc5c6ccccc6ccc5c34)cc(-c3cccc4ccccc34)c2-c2ccc3ccccc3c21. The van der Waals surface area contributed by atoms with Gasteiger partial charge in [-0.25, -0.2) is 0 Å². The third-order valence-electron chi connectivity index (χ3n) is 10.4. The Morgan fingerprint density at radius 2 is 1.09 bits per heavy atom. The third kappa shape index (κ3) is 3.40. The van der Waals surface area contributed by atoms with Crippen molar-refractivity contribution in [1.82, 2.24) is 0 Å². The molecule has 1 heteroatoms. The lowest BCUT2D eigenvalue weighted by molar-refractivity contribution is 0.666. The molecule has 8 aromatic carbocycles. The van der Waals surface area contributed by atoms with Gasteiger partial charge < -0.3 is 4.42 Å². The van der Waals surface area contributed by atoms with Crippen LogP contribution in [0.3, 0.4) is 0 Å². The predicted octanol–water partition coefficient (Wildman–Crippen LogP) is 12.7. The average molecular weight is 587 g/mol. The van der Waals surface area contributed by atoms with E-state index in [1.54, 1.807) is 0 Å². The summed E-state index contributed by atoms with van der Waals surface area (Å²) in [5, 5.41) is 9.82. The monoisotopic (exact) mass is 586 g/mol. The molecule has 46 heavy (non-hydrogen) atoms. The Kier molecular flexibility index (Phi) is 5.12. The van der Waals surface area contributed by atoms with E-state index in [1.165, 1.54) is 76.8 Å². The summed E-state index contributed by atoms with van der Waals surface area (Å²) in [6.45, 7) is 4.81. The molecule has 0 fully saturated rings. The molecule has 1 heterocycles. The topological polar surface area (TPSA) is 13.1 Å². The molecule has 0 aliphatic heterocycles. The summed E-state index contributed by atoms with van der Waals surface area (Å²) in [5.41, 5.74) is 12.1. The molecule has 0 bridgehead atoms. The van der Waals surface area contributed by atoms with Gasteiger partial charge in [0.2, 0.25) is 0 Å². The number of benzene rings is 8. The standard InChI is InChI=1S/C45H30O/c1-45(2)39-26-30(32-18-10-20-40-42(32)37-24-22-29-13-5-8-17-34(29)44(37)46-40)25-38(35-19-9-14-27-11-3-6-15-31(27)35)41(39)36-23-21-28-12-4-7-16-33(28)43(36)45/h3-26H,1-2H3. The molecular weight excluding hydrogens is 556 g/mol. The maximum absolute atomic E-state index is 6.63. The molecule has 1 aliphatic rings. The van der Waals surface area contributed by atoms with Crippen LogP contribution in [0.15, 0.2) is 150 Å². The van der Waals surface area contributed by atoms with Crippen LogP contribution < -0.4 is 0 Å². The maximum atomic E-state index is 6.63. The zero-order valence-electron chi connectivity index (χ0n) is 25.8. The van der Waals surface area contributed by atoms with Crippen molar-refractivity contribution < 1.29 is 4.42 Å². The Hall–Kier alpha value is -5.66. The molecule has 1 aliphatic carbocycles. The van der Waals surface area contributed by atoms with Crippen LogP contribution in [-0.2, 0) is 5.41 Å². The van der Waals surface area contributed by atoms with E-state index >= 15 is 0 Å². The number of rotatable bonds is 2. The zero-order valence-corrected chi connectivity index (χ0v) is 25.8. The Labute approximate surface area is 267 Å². The number of hydrogen-bond acceptors (Lipinski definition) is 1. The summed E-state index contributed by atoms with van der Waals surface area (Å²) in [6, 6.07) is 53.4. The minimum absolute atomic E-state index is 0.191. The summed E-state index contributed by atoms with van der Waals surface area (Å²) >= 11 is 0. The molecule has 1 nitrogen and oxygen atoms in total. The highest BCUT2D eigenvalue weighted by Crippen LogP contribution is 2.56. The fourth-order valence-corrected chi connectivity index (χ4v) is 8.34. The van der Waals surface area contributed by atoms with Gasteiger partial charge in [-0.15, -0.1) is 0 Å². The quantitative estimate of drug-likeness (QED) is 0.196. The van der Waals surface area contributed by atoms with E-state index in [0.717, 1.165) is 21.9 Å². The van der Waals surface area contributed by atoms with Crippen molar-refractivity contribution in [3.8, 4) is 33.4 Å². The minimum Gasteiger partial charge on any atom is -0.455 e. The number of hydrogen-bond donors (Lipinski definition) is 0. The molecule has 9 aromatic rings. The van der Waals surface area contributed by atoms with Crippen molar-refractivity contribution >= 4 is 54.3 Å². The fraction of sp³-hybridized carbons (Fsp3) is 0.0667. The average Bonchev–Trinajstić information content (AvgIpc) is 3.60. The largest absolute Gasteiger partial charge is 0.455 e. The third-order valence-corrected chi connectivity index (χ3v) is 10.4. The van der Waals surface area contributed by atoms with Gasteiger partial charge in [-0.3, -0.25) is 0 Å². The molecule has 0 saturated carbocycles. The van der Waals surface area contributed by atoms with Gasteiger partial charge in [-0.2, -0.15) is 0 Å². The molecule has 0 radical (unpaired) electrons. The number of furan rings is 1. The summed E-state index contributed by atoms with van der Waals surface area (Å²) in [4.78, 5) is 0. The lowest BCUT2D eigenvalue weighted by atomic mass is 9.78. The first kappa shape index (κ1) is 25.6. The second-order valence-corrected chi connectivity index (χ2v) is 13.3. The second-order valence-electron chi connectivity index (χ2n) is 13.3. The van der Waals surface area contributed by atoms with Gasteiger partial charge in [-0.05, 0) is 95.7 Å². The Bertz CT molecular complexity index is 2720. The first-order chi connectivity index (χ1) is 22.6. The zero-order chi connectivity index (χ0) is 30.6. The Balaban J connectivity index is 1.34. The highest BCUT2D eigenvalue weighted by molar-refractivity contribution is 6.19. The van der Waals surface area contributed by atoms with E-state index in [9.17, 15) is 0 Å². The van der Waals surface area contributed by atoms with Crippen LogP contribution in [0.25, 0.3) is 87.6 Å². The van der Waals surface area contributed by atoms with Gasteiger partial charge in [0.15, 0.2) is 0 Å². The van der Waals surface area contributed by atoms with Gasteiger partial charge in [0, 0.05) is 21.6 Å². The molecule has 0 spiro atoms. The molecule has 1 aromatic heterocycles. The van der Waals surface area contributed by atoms with Crippen LogP contribution in [0.1, 0.15) is 25.0 Å². The molecule has 0 N–H and O–H groups in total. The number of fused-ring (bicyclic) bond motifs is 11. The lowest BCUT2D eigenvalue weighted by Crippen LogP contribution is -2.15. The maximum Gasteiger partial charge on any atom is 0.143 e. The van der Waals surface area contributed by atoms with Gasteiger partial charge >= 0.3 is 0 Å². The lowest BCUT2D eigenvalue weighted by Gasteiger charge is -2.24. The van der Waals surface area contributed by atoms with Crippen LogP contribution in [-0.4, -0.2) is 0 Å². The molecule has 0 atom stereocenters. The first-order valence-electron chi connectivity index (χ1n) is 16.1. The predicted molar refractivity (Wildman–Crippen MR) is 195 cm³/mol. The van der Waals surface area contributed by atoms with Gasteiger partial charge in [0.1, 0.15) is 11.2 Å². The highest BCUT2D eigenvalue weighted by Gasteiger charge is 2.39. The van der Waals surface area contributed by atoms with Gasteiger partial charge in [0.05, 0.1) is 0 Å². The molecule has 0 unspecified atom stereocenters. The second kappa shape index (κ2) is 9.19. The molecule has 216 valence electrons. The fourth-order valence-electron chi connectivity index (χ4n) is 8.34. The van der Waals surface area contributed by atoms with Gasteiger partial charge in [0.25, 0.3) is 0 Å². The normalized spacial score (nSPS) is 13.6. The molecule has 10 rings (SSSR count). The Morgan fingerprint density at radius 1 is 0.457 bits per heavy atom.